The predicted molar refractivity (Wildman–Crippen MR) is 152 cm³/mol. The number of rotatable bonds is 7. The van der Waals surface area contributed by atoms with Crippen molar-refractivity contribution in [3.05, 3.63) is 96.8 Å². The smallest absolute Gasteiger partial charge is 0.161 e. The molecule has 1 aliphatic carbocycles. The highest BCUT2D eigenvalue weighted by Crippen LogP contribution is 2.33. The molecule has 5 rings (SSSR count). The van der Waals surface area contributed by atoms with Crippen LogP contribution in [0.15, 0.2) is 85.4 Å². The Labute approximate surface area is 216 Å². The summed E-state index contributed by atoms with van der Waals surface area (Å²) in [5.74, 6) is 0.663. The van der Waals surface area contributed by atoms with Crippen LogP contribution < -0.4 is 5.32 Å². The average Bonchev–Trinajstić information content (AvgIpc) is 3.62. The highest BCUT2D eigenvalue weighted by molar-refractivity contribution is 5.90. The molecule has 0 radical (unpaired) electrons. The van der Waals surface area contributed by atoms with Gasteiger partial charge < -0.3 is 10.3 Å². The molecule has 0 fully saturated rings. The van der Waals surface area contributed by atoms with Gasteiger partial charge in [0.15, 0.2) is 11.5 Å². The lowest BCUT2D eigenvalue weighted by Gasteiger charge is -2.23. The molecule has 0 aromatic carbocycles. The van der Waals surface area contributed by atoms with E-state index in [4.69, 9.17) is 9.97 Å². The van der Waals surface area contributed by atoms with E-state index in [9.17, 15) is 0 Å². The summed E-state index contributed by atoms with van der Waals surface area (Å²) in [5.41, 5.74) is 9.67. The average molecular weight is 490 g/mol. The largest absolute Gasteiger partial charge is 0.358 e. The standard InChI is InChI=1S/C30H31N7/c1-7-10-23(20-11-8-9-12-20)26-18(2)32-29(35-26)28-27-25(36-37-28)14-13-24(34-27)21-15-22(17-31-16-21)33-19(3)30(4,5)6/h7-8,10-17,33H,1,3,9H2,2,4-6H3,(H,32,35)(H,36,37)/b23-10-. The molecular formula is C30H31N7. The third-order valence-corrected chi connectivity index (χ3v) is 6.37. The number of H-pyrrole nitrogens is 2. The Morgan fingerprint density at radius 3 is 2.73 bits per heavy atom. The van der Waals surface area contributed by atoms with Crippen molar-refractivity contribution in [2.24, 2.45) is 5.41 Å². The number of fused-ring (bicyclic) bond motifs is 1. The quantitative estimate of drug-likeness (QED) is 0.240. The van der Waals surface area contributed by atoms with Crippen molar-refractivity contribution in [1.29, 1.82) is 0 Å². The first-order chi connectivity index (χ1) is 17.7. The highest BCUT2D eigenvalue weighted by atomic mass is 15.2. The molecule has 4 aromatic heterocycles. The summed E-state index contributed by atoms with van der Waals surface area (Å²) in [6, 6.07) is 5.98. The lowest BCUT2D eigenvalue weighted by molar-refractivity contribution is 0.509. The zero-order valence-corrected chi connectivity index (χ0v) is 21.7. The van der Waals surface area contributed by atoms with Crippen molar-refractivity contribution < 1.29 is 0 Å². The van der Waals surface area contributed by atoms with Gasteiger partial charge in [-0.2, -0.15) is 5.10 Å². The minimum atomic E-state index is -0.0653. The van der Waals surface area contributed by atoms with E-state index in [0.29, 0.717) is 11.5 Å². The molecule has 3 N–H and O–H groups in total. The van der Waals surface area contributed by atoms with E-state index in [1.54, 1.807) is 12.3 Å². The molecule has 0 spiro atoms. The van der Waals surface area contributed by atoms with Crippen molar-refractivity contribution in [2.45, 2.75) is 34.1 Å². The van der Waals surface area contributed by atoms with Crippen LogP contribution in [0.4, 0.5) is 5.69 Å². The van der Waals surface area contributed by atoms with Gasteiger partial charge in [-0.05, 0) is 37.1 Å². The van der Waals surface area contributed by atoms with Gasteiger partial charge in [0.05, 0.1) is 28.8 Å². The van der Waals surface area contributed by atoms with Gasteiger partial charge >= 0.3 is 0 Å². The van der Waals surface area contributed by atoms with Crippen LogP contribution in [0.1, 0.15) is 38.6 Å². The number of imidazole rings is 1. The third-order valence-electron chi connectivity index (χ3n) is 6.37. The number of nitrogens with zero attached hydrogens (tertiary/aromatic N) is 4. The molecule has 0 saturated carbocycles. The normalized spacial score (nSPS) is 13.7. The number of allylic oxidation sites excluding steroid dienone is 8. The Kier molecular flexibility index (Phi) is 6.21. The summed E-state index contributed by atoms with van der Waals surface area (Å²) in [5, 5.41) is 11.0. The number of nitrogens with one attached hydrogen (secondary N) is 3. The maximum absolute atomic E-state index is 4.95. The van der Waals surface area contributed by atoms with E-state index in [1.165, 1.54) is 0 Å². The van der Waals surface area contributed by atoms with Crippen LogP contribution in [0.2, 0.25) is 0 Å². The molecule has 4 heterocycles. The second-order valence-electron chi connectivity index (χ2n) is 10.2. The van der Waals surface area contributed by atoms with E-state index in [0.717, 1.165) is 62.6 Å². The second-order valence-corrected chi connectivity index (χ2v) is 10.2. The monoisotopic (exact) mass is 489 g/mol. The van der Waals surface area contributed by atoms with Crippen LogP contribution in [0.25, 0.3) is 39.4 Å². The molecule has 0 bridgehead atoms. The summed E-state index contributed by atoms with van der Waals surface area (Å²) in [7, 11) is 0. The van der Waals surface area contributed by atoms with Crippen LogP contribution in [0.5, 0.6) is 0 Å². The Bertz CT molecular complexity index is 1600. The SMILES string of the molecule is C=C/C=C(/C1=CCC=C1)c1nc(-c2n[nH]c3ccc(-c4cncc(NC(=C)C(C)(C)C)c4)nc23)[nH]c1C. The zero-order chi connectivity index (χ0) is 26.2. The molecule has 1 aliphatic rings. The van der Waals surface area contributed by atoms with Gasteiger partial charge in [0.2, 0.25) is 0 Å². The molecule has 4 aromatic rings. The number of aromatic amines is 2. The van der Waals surface area contributed by atoms with E-state index < -0.39 is 0 Å². The molecule has 0 unspecified atom stereocenters. The minimum Gasteiger partial charge on any atom is -0.358 e. The van der Waals surface area contributed by atoms with Crippen molar-refractivity contribution in [1.82, 2.24) is 30.1 Å². The molecule has 7 nitrogen and oxygen atoms in total. The van der Waals surface area contributed by atoms with Gasteiger partial charge in [-0.1, -0.05) is 64.3 Å². The van der Waals surface area contributed by atoms with E-state index >= 15 is 0 Å². The first-order valence-corrected chi connectivity index (χ1v) is 12.3. The van der Waals surface area contributed by atoms with Crippen LogP contribution in [0, 0.1) is 12.3 Å². The summed E-state index contributed by atoms with van der Waals surface area (Å²) in [6.07, 6.45) is 14.8. The van der Waals surface area contributed by atoms with Crippen molar-refractivity contribution in [2.75, 3.05) is 5.32 Å². The first-order valence-electron chi connectivity index (χ1n) is 12.3. The number of hydrogen-bond acceptors (Lipinski definition) is 5. The maximum atomic E-state index is 4.95. The van der Waals surface area contributed by atoms with Crippen molar-refractivity contribution >= 4 is 22.3 Å². The lowest BCUT2D eigenvalue weighted by Crippen LogP contribution is -2.15. The maximum Gasteiger partial charge on any atom is 0.161 e. The van der Waals surface area contributed by atoms with Crippen LogP contribution >= 0.6 is 0 Å². The third kappa shape index (κ3) is 4.80. The molecule has 186 valence electrons. The zero-order valence-electron chi connectivity index (χ0n) is 21.7. The number of pyridine rings is 2. The fraction of sp³-hybridized carbons (Fsp3) is 0.200. The number of hydrogen-bond donors (Lipinski definition) is 3. The fourth-order valence-electron chi connectivity index (χ4n) is 4.16. The number of aromatic nitrogens is 6. The van der Waals surface area contributed by atoms with E-state index in [-0.39, 0.29) is 5.41 Å². The van der Waals surface area contributed by atoms with Crippen LogP contribution in [0.3, 0.4) is 0 Å². The second kappa shape index (κ2) is 9.50. The lowest BCUT2D eigenvalue weighted by atomic mass is 9.93. The molecule has 37 heavy (non-hydrogen) atoms. The minimum absolute atomic E-state index is 0.0653. The molecule has 0 amide bonds. The fourth-order valence-corrected chi connectivity index (χ4v) is 4.16. The summed E-state index contributed by atoms with van der Waals surface area (Å²) in [6.45, 7) is 16.4. The van der Waals surface area contributed by atoms with Crippen molar-refractivity contribution in [3.63, 3.8) is 0 Å². The van der Waals surface area contributed by atoms with Gasteiger partial charge in [-0.25, -0.2) is 9.97 Å². The van der Waals surface area contributed by atoms with E-state index in [2.05, 4.69) is 77.6 Å². The Morgan fingerprint density at radius 2 is 2.00 bits per heavy atom. The summed E-state index contributed by atoms with van der Waals surface area (Å²) < 4.78 is 0. The molecule has 0 saturated heterocycles. The molecule has 0 atom stereocenters. The Balaban J connectivity index is 1.52. The van der Waals surface area contributed by atoms with Crippen molar-refractivity contribution in [3.8, 4) is 22.8 Å². The Morgan fingerprint density at radius 1 is 1.16 bits per heavy atom. The molecular weight excluding hydrogens is 458 g/mol. The number of anilines is 1. The molecule has 7 heteroatoms. The van der Waals surface area contributed by atoms with Gasteiger partial charge in [-0.3, -0.25) is 10.1 Å². The van der Waals surface area contributed by atoms with Gasteiger partial charge in [-0.15, -0.1) is 0 Å². The predicted octanol–water partition coefficient (Wildman–Crippen LogP) is 7.15. The van der Waals surface area contributed by atoms with Gasteiger partial charge in [0.1, 0.15) is 5.52 Å². The first kappa shape index (κ1) is 24.2. The summed E-state index contributed by atoms with van der Waals surface area (Å²) in [4.78, 5) is 17.7. The van der Waals surface area contributed by atoms with Crippen LogP contribution in [-0.4, -0.2) is 30.1 Å². The summed E-state index contributed by atoms with van der Waals surface area (Å²) >= 11 is 0. The van der Waals surface area contributed by atoms with Gasteiger partial charge in [0, 0.05) is 34.1 Å². The van der Waals surface area contributed by atoms with Gasteiger partial charge in [0.25, 0.3) is 0 Å². The van der Waals surface area contributed by atoms with Crippen LogP contribution in [-0.2, 0) is 0 Å². The molecule has 0 aliphatic heterocycles. The topological polar surface area (TPSA) is 95.2 Å². The van der Waals surface area contributed by atoms with E-state index in [1.807, 2.05) is 37.4 Å². The highest BCUT2D eigenvalue weighted by Gasteiger charge is 2.20. The number of aryl methyl sites for hydroxylation is 1. The Hall–Kier alpha value is -4.52.